The number of hydrogen-bond donors (Lipinski definition) is 2. The average Bonchev–Trinajstić information content (AvgIpc) is 3.83. The summed E-state index contributed by atoms with van der Waals surface area (Å²) in [5, 5.41) is 38.3. The molecule has 204 valence electrons. The minimum absolute atomic E-state index is 0.0754. The molecule has 2 N–H and O–H groups in total. The molecule has 42 heavy (non-hydrogen) atoms. The number of carbonyl (C=O) groups excluding carboxylic acids is 4. The molecule has 0 bridgehead atoms. The minimum atomic E-state index is -0.427. The second-order valence-electron chi connectivity index (χ2n) is 9.35. The van der Waals surface area contributed by atoms with Gasteiger partial charge in [-0.05, 0) is 83.9 Å². The molecular formula is C26H16N12O4. The largest absolute Gasteiger partial charge is 0.285 e. The highest BCUT2D eigenvalue weighted by atomic mass is 16.2. The molecule has 2 amide bonds. The number of benzene rings is 3. The van der Waals surface area contributed by atoms with E-state index in [1.54, 1.807) is 38.1 Å². The van der Waals surface area contributed by atoms with Crippen LogP contribution in [-0.4, -0.2) is 64.6 Å². The number of anilines is 2. The predicted molar refractivity (Wildman–Crippen MR) is 140 cm³/mol. The third-order valence-corrected chi connectivity index (χ3v) is 6.99. The molecule has 7 rings (SSSR count). The van der Waals surface area contributed by atoms with Gasteiger partial charge in [0.05, 0.1) is 22.5 Å². The lowest BCUT2D eigenvalue weighted by molar-refractivity contribution is 0.0984. The lowest BCUT2D eigenvalue weighted by Crippen LogP contribution is -2.29. The second-order valence-corrected chi connectivity index (χ2v) is 9.35. The summed E-state index contributed by atoms with van der Waals surface area (Å²) in [5.41, 5.74) is 3.16. The van der Waals surface area contributed by atoms with Gasteiger partial charge in [-0.25, -0.2) is 0 Å². The van der Waals surface area contributed by atoms with Crippen LogP contribution in [0.2, 0.25) is 0 Å². The number of aromatic amines is 2. The van der Waals surface area contributed by atoms with Gasteiger partial charge < -0.3 is 0 Å². The SMILES string of the molecule is Cc1c2c(c(C)c3c1=NN(c1ccc(C(=O)c4nn[nH]n4)cc1)C3=O)=NN(c1ccc(C(=O)c3nn[nH]n3)cc1)C2=O. The van der Waals surface area contributed by atoms with Gasteiger partial charge in [0, 0.05) is 11.1 Å². The van der Waals surface area contributed by atoms with E-state index in [-0.39, 0.29) is 11.6 Å². The van der Waals surface area contributed by atoms with E-state index in [0.717, 1.165) is 0 Å². The molecule has 0 saturated carbocycles. The van der Waals surface area contributed by atoms with Crippen molar-refractivity contribution in [1.29, 1.82) is 0 Å². The van der Waals surface area contributed by atoms with E-state index in [1.165, 1.54) is 34.3 Å². The first kappa shape index (κ1) is 24.7. The van der Waals surface area contributed by atoms with Gasteiger partial charge in [-0.3, -0.25) is 19.2 Å². The van der Waals surface area contributed by atoms with Crippen LogP contribution in [0.1, 0.15) is 64.2 Å². The fraction of sp³-hybridized carbons (Fsp3) is 0.0769. The van der Waals surface area contributed by atoms with Gasteiger partial charge in [-0.15, -0.1) is 20.4 Å². The molecular weight excluding hydrogens is 544 g/mol. The topological polar surface area (TPSA) is 208 Å². The van der Waals surface area contributed by atoms with Crippen molar-refractivity contribution in [3.63, 3.8) is 0 Å². The Hall–Kier alpha value is -6.32. The lowest BCUT2D eigenvalue weighted by Gasteiger charge is -2.13. The number of nitrogens with zero attached hydrogens (tertiary/aromatic N) is 10. The van der Waals surface area contributed by atoms with Crippen molar-refractivity contribution in [1.82, 2.24) is 41.2 Å². The van der Waals surface area contributed by atoms with Gasteiger partial charge in [-0.1, -0.05) is 0 Å². The van der Waals surface area contributed by atoms with Crippen LogP contribution in [0, 0.1) is 13.8 Å². The van der Waals surface area contributed by atoms with E-state index >= 15 is 0 Å². The molecule has 5 aromatic rings. The molecule has 0 radical (unpaired) electrons. The van der Waals surface area contributed by atoms with Gasteiger partial charge in [0.15, 0.2) is 0 Å². The molecule has 2 aliphatic rings. The monoisotopic (exact) mass is 560 g/mol. The molecule has 2 aromatic heterocycles. The number of aromatic nitrogens is 8. The third-order valence-electron chi connectivity index (χ3n) is 6.99. The van der Waals surface area contributed by atoms with Crippen LogP contribution in [0.4, 0.5) is 11.4 Å². The highest BCUT2D eigenvalue weighted by molar-refractivity contribution is 6.13. The minimum Gasteiger partial charge on any atom is -0.285 e. The first-order chi connectivity index (χ1) is 20.3. The van der Waals surface area contributed by atoms with Crippen LogP contribution in [0.25, 0.3) is 0 Å². The lowest BCUT2D eigenvalue weighted by atomic mass is 9.97. The molecule has 3 aromatic carbocycles. The summed E-state index contributed by atoms with van der Waals surface area (Å²) in [6.45, 7) is 3.43. The van der Waals surface area contributed by atoms with Crippen LogP contribution in [-0.2, 0) is 0 Å². The maximum absolute atomic E-state index is 13.6. The zero-order chi connectivity index (χ0) is 29.1. The van der Waals surface area contributed by atoms with E-state index < -0.39 is 23.4 Å². The van der Waals surface area contributed by atoms with Gasteiger partial charge in [0.2, 0.25) is 23.2 Å². The molecule has 0 saturated heterocycles. The summed E-state index contributed by atoms with van der Waals surface area (Å²) in [5.74, 6) is -1.79. The van der Waals surface area contributed by atoms with Gasteiger partial charge >= 0.3 is 0 Å². The van der Waals surface area contributed by atoms with Gasteiger partial charge in [-0.2, -0.15) is 30.6 Å². The van der Waals surface area contributed by atoms with Crippen LogP contribution in [0.5, 0.6) is 0 Å². The normalized spacial score (nSPS) is 13.6. The Bertz CT molecular complexity index is 1920. The molecule has 4 heterocycles. The Morgan fingerprint density at radius 1 is 0.619 bits per heavy atom. The molecule has 2 aliphatic heterocycles. The summed E-state index contributed by atoms with van der Waals surface area (Å²) in [6, 6.07) is 12.5. The highest BCUT2D eigenvalue weighted by Crippen LogP contribution is 2.26. The smallest absolute Gasteiger partial charge is 0.281 e. The summed E-state index contributed by atoms with van der Waals surface area (Å²) in [4.78, 5) is 52.1. The van der Waals surface area contributed by atoms with Crippen molar-refractivity contribution in [2.75, 3.05) is 10.0 Å². The Morgan fingerprint density at radius 2 is 1.00 bits per heavy atom. The number of ketones is 2. The van der Waals surface area contributed by atoms with Gasteiger partial charge in [0.1, 0.15) is 10.7 Å². The van der Waals surface area contributed by atoms with Gasteiger partial charge in [0.25, 0.3) is 11.8 Å². The fourth-order valence-corrected chi connectivity index (χ4v) is 4.88. The number of nitrogens with one attached hydrogen (secondary N) is 2. The number of hydrogen-bond acceptors (Lipinski definition) is 12. The van der Waals surface area contributed by atoms with E-state index in [0.29, 0.717) is 55.5 Å². The molecule has 0 fully saturated rings. The number of amides is 2. The van der Waals surface area contributed by atoms with E-state index in [9.17, 15) is 19.2 Å². The summed E-state index contributed by atoms with van der Waals surface area (Å²) in [6.07, 6.45) is 0. The molecule has 0 spiro atoms. The summed E-state index contributed by atoms with van der Waals surface area (Å²) >= 11 is 0. The number of H-pyrrole nitrogens is 2. The zero-order valence-electron chi connectivity index (χ0n) is 21.7. The third kappa shape index (κ3) is 3.62. The highest BCUT2D eigenvalue weighted by Gasteiger charge is 2.36. The molecule has 0 aliphatic carbocycles. The standard InChI is InChI=1S/C26H16N12O4/c1-11-17-20(32-37(25(17)41)15-7-3-13(4-8-15)21(39)23-27-33-34-28-23)12(2)18-19(11)31-38(26(18)42)16-9-5-14(6-10-16)22(40)24-29-35-36-30-24/h3-10H,1-2H3,(H,27,28,33,34)(H,29,30,35,36). The summed E-state index contributed by atoms with van der Waals surface area (Å²) < 4.78 is 0. The Kier molecular flexibility index (Phi) is 5.36. The number of tetrazole rings is 2. The maximum atomic E-state index is 13.6. The van der Waals surface area contributed by atoms with Crippen LogP contribution in [0.3, 0.4) is 0 Å². The first-order valence-electron chi connectivity index (χ1n) is 12.4. The Balaban J connectivity index is 1.20. The quantitative estimate of drug-likeness (QED) is 0.269. The number of carbonyl (C=O) groups is 4. The average molecular weight is 560 g/mol. The van der Waals surface area contributed by atoms with Crippen LogP contribution >= 0.6 is 0 Å². The van der Waals surface area contributed by atoms with Crippen molar-refractivity contribution in [2.24, 2.45) is 10.2 Å². The number of fused-ring (bicyclic) bond motifs is 2. The van der Waals surface area contributed by atoms with Crippen LogP contribution < -0.4 is 20.7 Å². The van der Waals surface area contributed by atoms with Crippen LogP contribution in [0.15, 0.2) is 58.7 Å². The fourth-order valence-electron chi connectivity index (χ4n) is 4.88. The molecule has 16 nitrogen and oxygen atoms in total. The molecule has 0 unspecified atom stereocenters. The van der Waals surface area contributed by atoms with Crippen molar-refractivity contribution in [3.8, 4) is 0 Å². The Morgan fingerprint density at radius 3 is 1.33 bits per heavy atom. The number of rotatable bonds is 6. The van der Waals surface area contributed by atoms with Crippen molar-refractivity contribution >= 4 is 34.8 Å². The van der Waals surface area contributed by atoms with Crippen molar-refractivity contribution < 1.29 is 19.2 Å². The summed E-state index contributed by atoms with van der Waals surface area (Å²) in [7, 11) is 0. The van der Waals surface area contributed by atoms with E-state index in [4.69, 9.17) is 0 Å². The van der Waals surface area contributed by atoms with Crippen molar-refractivity contribution in [3.05, 3.63) is 104 Å². The first-order valence-corrected chi connectivity index (χ1v) is 12.4. The maximum Gasteiger partial charge on any atom is 0.281 e. The van der Waals surface area contributed by atoms with Crippen molar-refractivity contribution in [2.45, 2.75) is 13.8 Å². The zero-order valence-corrected chi connectivity index (χ0v) is 21.7. The predicted octanol–water partition coefficient (Wildman–Crippen LogP) is 0.182. The second kappa shape index (κ2) is 9.12. The Labute approximate surface area is 233 Å². The van der Waals surface area contributed by atoms with E-state index in [2.05, 4.69) is 51.5 Å². The van der Waals surface area contributed by atoms with E-state index in [1.807, 2.05) is 0 Å². The molecule has 16 heteroatoms. The molecule has 0 atom stereocenters.